The van der Waals surface area contributed by atoms with Gasteiger partial charge in [-0.2, -0.15) is 0 Å². The maximum Gasteiger partial charge on any atom is 0.315 e. The van der Waals surface area contributed by atoms with Crippen LogP contribution in [0, 0.1) is 11.8 Å². The monoisotopic (exact) mass is 284 g/mol. The summed E-state index contributed by atoms with van der Waals surface area (Å²) in [5.41, 5.74) is 0. The fourth-order valence-electron chi connectivity index (χ4n) is 2.89. The van der Waals surface area contributed by atoms with Gasteiger partial charge in [0.1, 0.15) is 0 Å². The van der Waals surface area contributed by atoms with Crippen LogP contribution in [0.3, 0.4) is 0 Å². The number of hydrogen-bond acceptors (Lipinski definition) is 2. The molecule has 1 aliphatic carbocycles. The summed E-state index contributed by atoms with van der Waals surface area (Å²) >= 11 is 0. The SMILES string of the molecule is CC1CCCC(CNC(=O)NC(C)CCCC(=O)O)C1. The minimum atomic E-state index is -0.784. The molecule has 0 aromatic heterocycles. The van der Waals surface area contributed by atoms with Crippen LogP contribution in [0.5, 0.6) is 0 Å². The molecule has 3 unspecified atom stereocenters. The van der Waals surface area contributed by atoms with Gasteiger partial charge in [-0.1, -0.05) is 19.8 Å². The van der Waals surface area contributed by atoms with E-state index in [-0.39, 0.29) is 18.5 Å². The maximum atomic E-state index is 11.7. The average Bonchev–Trinajstić information content (AvgIpc) is 2.36. The van der Waals surface area contributed by atoms with Gasteiger partial charge in [0, 0.05) is 19.0 Å². The van der Waals surface area contributed by atoms with Gasteiger partial charge in [-0.15, -0.1) is 0 Å². The summed E-state index contributed by atoms with van der Waals surface area (Å²) in [7, 11) is 0. The Hall–Kier alpha value is -1.26. The minimum Gasteiger partial charge on any atom is -0.481 e. The van der Waals surface area contributed by atoms with Gasteiger partial charge in [-0.3, -0.25) is 4.79 Å². The van der Waals surface area contributed by atoms with E-state index in [1.165, 1.54) is 25.7 Å². The summed E-state index contributed by atoms with van der Waals surface area (Å²) in [6.45, 7) is 4.93. The predicted octanol–water partition coefficient (Wildman–Crippen LogP) is 2.76. The second kappa shape index (κ2) is 8.82. The molecule has 0 aromatic rings. The number of amides is 2. The molecular weight excluding hydrogens is 256 g/mol. The molecule has 3 N–H and O–H groups in total. The van der Waals surface area contributed by atoms with Crippen LogP contribution in [0.25, 0.3) is 0 Å². The molecule has 0 saturated heterocycles. The lowest BCUT2D eigenvalue weighted by Crippen LogP contribution is -2.43. The van der Waals surface area contributed by atoms with Crippen LogP contribution in [0.4, 0.5) is 4.79 Å². The Balaban J connectivity index is 2.11. The smallest absolute Gasteiger partial charge is 0.315 e. The third kappa shape index (κ3) is 7.36. The zero-order valence-electron chi connectivity index (χ0n) is 12.7. The van der Waals surface area contributed by atoms with E-state index in [4.69, 9.17) is 5.11 Å². The topological polar surface area (TPSA) is 78.4 Å². The van der Waals surface area contributed by atoms with Gasteiger partial charge in [-0.05, 0) is 44.4 Å². The lowest BCUT2D eigenvalue weighted by molar-refractivity contribution is -0.137. The molecule has 1 aliphatic rings. The molecular formula is C15H28N2O3. The Kier molecular flexibility index (Phi) is 7.41. The van der Waals surface area contributed by atoms with Gasteiger partial charge >= 0.3 is 12.0 Å². The molecule has 0 bridgehead atoms. The number of aliphatic carboxylic acids is 1. The number of urea groups is 1. The number of nitrogens with one attached hydrogen (secondary N) is 2. The van der Waals surface area contributed by atoms with Crippen LogP contribution in [0.1, 0.15) is 58.8 Å². The zero-order chi connectivity index (χ0) is 15.0. The molecule has 0 spiro atoms. The Bertz CT molecular complexity index is 320. The first-order valence-corrected chi connectivity index (χ1v) is 7.73. The van der Waals surface area contributed by atoms with E-state index in [2.05, 4.69) is 17.6 Å². The second-order valence-electron chi connectivity index (χ2n) is 6.18. The third-order valence-corrected chi connectivity index (χ3v) is 4.00. The van der Waals surface area contributed by atoms with E-state index >= 15 is 0 Å². The molecule has 1 fully saturated rings. The summed E-state index contributed by atoms with van der Waals surface area (Å²) in [4.78, 5) is 22.1. The van der Waals surface area contributed by atoms with Crippen LogP contribution in [0.15, 0.2) is 0 Å². The van der Waals surface area contributed by atoms with Crippen LogP contribution in [0.2, 0.25) is 0 Å². The van der Waals surface area contributed by atoms with Gasteiger partial charge in [0.25, 0.3) is 0 Å². The van der Waals surface area contributed by atoms with Crippen molar-refractivity contribution >= 4 is 12.0 Å². The number of carboxylic acids is 1. The van der Waals surface area contributed by atoms with Gasteiger partial charge in [-0.25, -0.2) is 4.79 Å². The molecule has 0 aromatic carbocycles. The van der Waals surface area contributed by atoms with E-state index in [1.54, 1.807) is 0 Å². The Morgan fingerprint density at radius 2 is 2.10 bits per heavy atom. The Morgan fingerprint density at radius 1 is 1.35 bits per heavy atom. The molecule has 0 radical (unpaired) electrons. The highest BCUT2D eigenvalue weighted by molar-refractivity contribution is 5.74. The minimum absolute atomic E-state index is 0.0135. The summed E-state index contributed by atoms with van der Waals surface area (Å²) < 4.78 is 0. The summed E-state index contributed by atoms with van der Waals surface area (Å²) in [6.07, 6.45) is 6.43. The van der Waals surface area contributed by atoms with Gasteiger partial charge < -0.3 is 15.7 Å². The lowest BCUT2D eigenvalue weighted by atomic mass is 9.82. The lowest BCUT2D eigenvalue weighted by Gasteiger charge is -2.27. The molecule has 20 heavy (non-hydrogen) atoms. The normalized spacial score (nSPS) is 23.9. The van der Waals surface area contributed by atoms with Gasteiger partial charge in [0.05, 0.1) is 0 Å². The number of carbonyl (C=O) groups excluding carboxylic acids is 1. The van der Waals surface area contributed by atoms with Crippen molar-refractivity contribution in [3.8, 4) is 0 Å². The fraction of sp³-hybridized carbons (Fsp3) is 0.867. The van der Waals surface area contributed by atoms with E-state index in [1.807, 2.05) is 6.92 Å². The fourth-order valence-corrected chi connectivity index (χ4v) is 2.89. The standard InChI is InChI=1S/C15H28N2O3/c1-11-5-3-7-13(9-11)10-16-15(20)17-12(2)6-4-8-14(18)19/h11-13H,3-10H2,1-2H3,(H,18,19)(H2,16,17,20). The highest BCUT2D eigenvalue weighted by atomic mass is 16.4. The molecule has 3 atom stereocenters. The highest BCUT2D eigenvalue weighted by Gasteiger charge is 2.19. The van der Waals surface area contributed by atoms with Crippen molar-refractivity contribution in [2.45, 2.75) is 64.8 Å². The predicted molar refractivity (Wildman–Crippen MR) is 78.6 cm³/mol. The summed E-state index contributed by atoms with van der Waals surface area (Å²) in [6, 6.07) is -0.120. The molecule has 5 heteroatoms. The van der Waals surface area contributed by atoms with E-state index in [9.17, 15) is 9.59 Å². The molecule has 0 aliphatic heterocycles. The first-order valence-electron chi connectivity index (χ1n) is 7.73. The van der Waals surface area contributed by atoms with E-state index in [0.717, 1.165) is 12.5 Å². The summed E-state index contributed by atoms with van der Waals surface area (Å²) in [5, 5.41) is 14.4. The molecule has 1 rings (SSSR count). The quantitative estimate of drug-likeness (QED) is 0.672. The average molecular weight is 284 g/mol. The van der Waals surface area contributed by atoms with Crippen LogP contribution >= 0.6 is 0 Å². The van der Waals surface area contributed by atoms with Crippen molar-refractivity contribution in [2.75, 3.05) is 6.54 Å². The molecule has 116 valence electrons. The van der Waals surface area contributed by atoms with Crippen molar-refractivity contribution < 1.29 is 14.7 Å². The van der Waals surface area contributed by atoms with Gasteiger partial charge in [0.2, 0.25) is 0 Å². The number of rotatable bonds is 7. The number of carboxylic acid groups (broad SMARTS) is 1. The van der Waals surface area contributed by atoms with Crippen molar-refractivity contribution in [1.29, 1.82) is 0 Å². The van der Waals surface area contributed by atoms with Crippen molar-refractivity contribution in [2.24, 2.45) is 11.8 Å². The van der Waals surface area contributed by atoms with Crippen LogP contribution in [-0.4, -0.2) is 29.7 Å². The molecule has 2 amide bonds. The largest absolute Gasteiger partial charge is 0.481 e. The van der Waals surface area contributed by atoms with E-state index in [0.29, 0.717) is 18.8 Å². The molecule has 1 saturated carbocycles. The van der Waals surface area contributed by atoms with Crippen LogP contribution in [-0.2, 0) is 4.79 Å². The van der Waals surface area contributed by atoms with Crippen molar-refractivity contribution in [3.63, 3.8) is 0 Å². The Morgan fingerprint density at radius 3 is 2.75 bits per heavy atom. The molecule has 5 nitrogen and oxygen atoms in total. The second-order valence-corrected chi connectivity index (χ2v) is 6.18. The van der Waals surface area contributed by atoms with E-state index < -0.39 is 5.97 Å². The highest BCUT2D eigenvalue weighted by Crippen LogP contribution is 2.27. The first-order chi connectivity index (χ1) is 9.47. The summed E-state index contributed by atoms with van der Waals surface area (Å²) in [5.74, 6) is 0.591. The maximum absolute atomic E-state index is 11.7. The number of carbonyl (C=O) groups is 2. The zero-order valence-corrected chi connectivity index (χ0v) is 12.7. The Labute approximate surface area is 121 Å². The third-order valence-electron chi connectivity index (χ3n) is 4.00. The molecule has 0 heterocycles. The first kappa shape index (κ1) is 16.8. The number of hydrogen-bond donors (Lipinski definition) is 3. The van der Waals surface area contributed by atoms with Crippen molar-refractivity contribution in [3.05, 3.63) is 0 Å². The van der Waals surface area contributed by atoms with Crippen LogP contribution < -0.4 is 10.6 Å². The van der Waals surface area contributed by atoms with Crippen molar-refractivity contribution in [1.82, 2.24) is 10.6 Å². The van der Waals surface area contributed by atoms with Gasteiger partial charge in [0.15, 0.2) is 0 Å².